The van der Waals surface area contributed by atoms with Crippen LogP contribution < -0.4 is 0 Å². The molecule has 0 radical (unpaired) electrons. The van der Waals surface area contributed by atoms with Gasteiger partial charge >= 0.3 is 0 Å². The maximum atomic E-state index is 10.3. The van der Waals surface area contributed by atoms with Crippen LogP contribution in [0.3, 0.4) is 0 Å². The first-order valence-electron chi connectivity index (χ1n) is 7.88. The van der Waals surface area contributed by atoms with Crippen molar-refractivity contribution < 1.29 is 9.90 Å². The summed E-state index contributed by atoms with van der Waals surface area (Å²) in [6.07, 6.45) is 2.31. The molecule has 0 aliphatic carbocycles. The Hall–Kier alpha value is -1.15. The predicted molar refractivity (Wildman–Crippen MR) is 90.4 cm³/mol. The summed E-state index contributed by atoms with van der Waals surface area (Å²) in [7, 11) is 0. The van der Waals surface area contributed by atoms with Crippen LogP contribution in [-0.4, -0.2) is 16.5 Å². The fourth-order valence-corrected chi connectivity index (χ4v) is 2.56. The third-order valence-corrected chi connectivity index (χ3v) is 2.97. The molecule has 0 aliphatic rings. The molecule has 2 nitrogen and oxygen atoms in total. The second-order valence-electron chi connectivity index (χ2n) is 7.06. The van der Waals surface area contributed by atoms with Gasteiger partial charge in [-0.1, -0.05) is 58.0 Å². The number of hydrogen-bond acceptors (Lipinski definition) is 2. The second-order valence-corrected chi connectivity index (χ2v) is 7.06. The van der Waals surface area contributed by atoms with E-state index in [2.05, 4.69) is 26.0 Å². The Morgan fingerprint density at radius 3 is 1.95 bits per heavy atom. The molecule has 2 heteroatoms. The zero-order valence-electron chi connectivity index (χ0n) is 14.5. The molecule has 21 heavy (non-hydrogen) atoms. The van der Waals surface area contributed by atoms with Crippen LogP contribution in [0.5, 0.6) is 0 Å². The van der Waals surface area contributed by atoms with Gasteiger partial charge in [-0.05, 0) is 37.7 Å². The molecule has 1 N–H and O–H groups in total. The normalized spacial score (nSPS) is 13.6. The SMILES string of the molecule is CC(=O)CC(C)C.CC(C)CC(C)(O)Cc1ccccc1. The third-order valence-electron chi connectivity index (χ3n) is 2.97. The molecule has 0 saturated carbocycles. The molecular weight excluding hydrogens is 260 g/mol. The van der Waals surface area contributed by atoms with Crippen molar-refractivity contribution in [2.45, 2.75) is 66.4 Å². The zero-order chi connectivity index (χ0) is 16.5. The van der Waals surface area contributed by atoms with E-state index in [9.17, 15) is 9.90 Å². The van der Waals surface area contributed by atoms with E-state index in [0.717, 1.165) is 19.3 Å². The van der Waals surface area contributed by atoms with Gasteiger partial charge in [0, 0.05) is 12.8 Å². The van der Waals surface area contributed by atoms with Gasteiger partial charge in [0.05, 0.1) is 5.60 Å². The van der Waals surface area contributed by atoms with E-state index in [1.165, 1.54) is 5.56 Å². The molecule has 1 unspecified atom stereocenters. The maximum absolute atomic E-state index is 10.3. The summed E-state index contributed by atoms with van der Waals surface area (Å²) in [5.74, 6) is 1.35. The summed E-state index contributed by atoms with van der Waals surface area (Å²) in [4.78, 5) is 10.3. The largest absolute Gasteiger partial charge is 0.390 e. The molecule has 1 aromatic carbocycles. The minimum Gasteiger partial charge on any atom is -0.390 e. The molecule has 0 aliphatic heterocycles. The van der Waals surface area contributed by atoms with Crippen LogP contribution in [0.25, 0.3) is 0 Å². The highest BCUT2D eigenvalue weighted by atomic mass is 16.3. The summed E-state index contributed by atoms with van der Waals surface area (Å²) in [5, 5.41) is 10.1. The second kappa shape index (κ2) is 9.73. The number of Topliss-reactive ketones (excluding diaryl/α,β-unsaturated/α-hetero) is 1. The minimum atomic E-state index is -0.574. The van der Waals surface area contributed by atoms with E-state index in [1.54, 1.807) is 6.92 Å². The number of carbonyl (C=O) groups is 1. The third kappa shape index (κ3) is 12.3. The lowest BCUT2D eigenvalue weighted by molar-refractivity contribution is -0.117. The van der Waals surface area contributed by atoms with Gasteiger partial charge in [-0.15, -0.1) is 0 Å². The Morgan fingerprint density at radius 1 is 1.10 bits per heavy atom. The van der Waals surface area contributed by atoms with Crippen LogP contribution in [0.15, 0.2) is 30.3 Å². The molecule has 0 aromatic heterocycles. The van der Waals surface area contributed by atoms with Crippen LogP contribution in [0, 0.1) is 11.8 Å². The van der Waals surface area contributed by atoms with E-state index in [4.69, 9.17) is 0 Å². The Morgan fingerprint density at radius 2 is 1.62 bits per heavy atom. The van der Waals surface area contributed by atoms with Gasteiger partial charge in [0.25, 0.3) is 0 Å². The standard InChI is InChI=1S/C13H20O.C6H12O/c1-11(2)9-13(3,14)10-12-7-5-4-6-8-12;1-5(2)4-6(3)7/h4-8,11,14H,9-10H2,1-3H3;5H,4H2,1-3H3. The van der Waals surface area contributed by atoms with Crippen molar-refractivity contribution >= 4 is 5.78 Å². The fourth-order valence-electron chi connectivity index (χ4n) is 2.56. The van der Waals surface area contributed by atoms with E-state index in [1.807, 2.05) is 39.0 Å². The van der Waals surface area contributed by atoms with Crippen LogP contribution in [0.2, 0.25) is 0 Å². The van der Waals surface area contributed by atoms with Crippen molar-refractivity contribution in [2.24, 2.45) is 11.8 Å². The lowest BCUT2D eigenvalue weighted by Gasteiger charge is -2.25. The smallest absolute Gasteiger partial charge is 0.130 e. The molecular formula is C19H32O2. The van der Waals surface area contributed by atoms with Crippen molar-refractivity contribution in [2.75, 3.05) is 0 Å². The average molecular weight is 292 g/mol. The number of ketones is 1. The highest BCUT2D eigenvalue weighted by Crippen LogP contribution is 2.21. The molecule has 120 valence electrons. The topological polar surface area (TPSA) is 37.3 Å². The summed E-state index contributed by atoms with van der Waals surface area (Å²) in [6, 6.07) is 10.2. The molecule has 0 heterocycles. The molecule has 1 aromatic rings. The zero-order valence-corrected chi connectivity index (χ0v) is 14.5. The fraction of sp³-hybridized carbons (Fsp3) is 0.632. The van der Waals surface area contributed by atoms with E-state index < -0.39 is 5.60 Å². The highest BCUT2D eigenvalue weighted by molar-refractivity contribution is 5.75. The van der Waals surface area contributed by atoms with E-state index >= 15 is 0 Å². The van der Waals surface area contributed by atoms with Crippen molar-refractivity contribution in [1.82, 2.24) is 0 Å². The van der Waals surface area contributed by atoms with Gasteiger partial charge in [-0.25, -0.2) is 0 Å². The molecule has 0 bridgehead atoms. The van der Waals surface area contributed by atoms with Gasteiger partial charge in [0.15, 0.2) is 0 Å². The van der Waals surface area contributed by atoms with Crippen molar-refractivity contribution in [3.05, 3.63) is 35.9 Å². The Kier molecular flexibility index (Phi) is 9.19. The number of hydrogen-bond donors (Lipinski definition) is 1. The van der Waals surface area contributed by atoms with Crippen molar-refractivity contribution in [3.8, 4) is 0 Å². The van der Waals surface area contributed by atoms with Gasteiger partial charge in [0.1, 0.15) is 5.78 Å². The molecule has 1 atom stereocenters. The molecule has 0 spiro atoms. The molecule has 0 amide bonds. The van der Waals surface area contributed by atoms with Crippen LogP contribution >= 0.6 is 0 Å². The first kappa shape index (κ1) is 19.9. The average Bonchev–Trinajstić information content (AvgIpc) is 2.26. The number of carbonyl (C=O) groups excluding carboxylic acids is 1. The van der Waals surface area contributed by atoms with Crippen molar-refractivity contribution in [1.29, 1.82) is 0 Å². The summed E-state index contributed by atoms with van der Waals surface area (Å²) in [5.41, 5.74) is 0.633. The van der Waals surface area contributed by atoms with Crippen LogP contribution in [0.4, 0.5) is 0 Å². The lowest BCUT2D eigenvalue weighted by Crippen LogP contribution is -2.29. The maximum Gasteiger partial charge on any atom is 0.130 e. The quantitative estimate of drug-likeness (QED) is 0.828. The van der Waals surface area contributed by atoms with Gasteiger partial charge in [-0.2, -0.15) is 0 Å². The van der Waals surface area contributed by atoms with Gasteiger partial charge in [-0.3, -0.25) is 0 Å². The monoisotopic (exact) mass is 292 g/mol. The van der Waals surface area contributed by atoms with Crippen LogP contribution in [0.1, 0.15) is 59.9 Å². The highest BCUT2D eigenvalue weighted by Gasteiger charge is 2.21. The summed E-state index contributed by atoms with van der Waals surface area (Å²) < 4.78 is 0. The summed E-state index contributed by atoms with van der Waals surface area (Å²) >= 11 is 0. The van der Waals surface area contributed by atoms with Crippen molar-refractivity contribution in [3.63, 3.8) is 0 Å². The first-order chi connectivity index (χ1) is 9.62. The van der Waals surface area contributed by atoms with Gasteiger partial charge in [0.2, 0.25) is 0 Å². The van der Waals surface area contributed by atoms with Crippen LogP contribution in [-0.2, 0) is 11.2 Å². The lowest BCUT2D eigenvalue weighted by atomic mass is 9.88. The van der Waals surface area contributed by atoms with E-state index in [-0.39, 0.29) is 5.78 Å². The number of aliphatic hydroxyl groups is 1. The molecule has 0 fully saturated rings. The Labute approximate surface area is 130 Å². The number of benzene rings is 1. The molecule has 0 saturated heterocycles. The van der Waals surface area contributed by atoms with Gasteiger partial charge < -0.3 is 9.90 Å². The van der Waals surface area contributed by atoms with E-state index in [0.29, 0.717) is 11.8 Å². The summed E-state index contributed by atoms with van der Waals surface area (Å²) in [6.45, 7) is 11.9. The first-order valence-corrected chi connectivity index (χ1v) is 7.88. The molecule has 1 rings (SSSR count). The minimum absolute atomic E-state index is 0.287. The Bertz CT molecular complexity index is 391. The predicted octanol–water partition coefficient (Wildman–Crippen LogP) is 4.65. The number of rotatable bonds is 6. The Balaban J connectivity index is 0.000000486.